The Bertz CT molecular complexity index is 1070. The molecule has 1 N–H and O–H groups in total. The summed E-state index contributed by atoms with van der Waals surface area (Å²) in [5, 5.41) is 0. The van der Waals surface area contributed by atoms with E-state index in [1.807, 2.05) is 21.1 Å². The standard InChI is InChI=1S/C50H96NO8P/c1-6-8-10-12-14-16-18-20-22-23-24-25-26-27-29-31-33-35-37-39-41-43-50(53)59-48(47-58-60(54,55)57-45-44-51(3,4)5)46-56-49(52)42-40-38-36-34-32-30-28-21-19-17-15-13-11-9-7-2/h21,23-24,28,48H,6-20,22,25-27,29-47H2,1-5H3/p+1/b24-23-,28-21-. The van der Waals surface area contributed by atoms with Gasteiger partial charge in [-0.2, -0.15) is 0 Å². The molecule has 0 aliphatic rings. The maximum absolute atomic E-state index is 12.7. The molecule has 0 fully saturated rings. The van der Waals surface area contributed by atoms with Crippen LogP contribution in [0.5, 0.6) is 0 Å². The van der Waals surface area contributed by atoms with Crippen molar-refractivity contribution >= 4 is 19.8 Å². The monoisotopic (exact) mass is 871 g/mol. The molecule has 0 aromatic rings. The summed E-state index contributed by atoms with van der Waals surface area (Å²) in [5.41, 5.74) is 0. The van der Waals surface area contributed by atoms with E-state index in [2.05, 4.69) is 38.2 Å². The first-order chi connectivity index (χ1) is 29.0. The second-order valence-corrected chi connectivity index (χ2v) is 19.6. The second kappa shape index (κ2) is 42.8. The van der Waals surface area contributed by atoms with Gasteiger partial charge in [-0.05, 0) is 64.2 Å². The fourth-order valence-electron chi connectivity index (χ4n) is 7.00. The Morgan fingerprint density at radius 2 is 0.850 bits per heavy atom. The third-order valence-electron chi connectivity index (χ3n) is 11.0. The molecule has 60 heavy (non-hydrogen) atoms. The molecule has 0 saturated heterocycles. The summed E-state index contributed by atoms with van der Waals surface area (Å²) in [7, 11) is 1.48. The third-order valence-corrected chi connectivity index (χ3v) is 11.9. The maximum Gasteiger partial charge on any atom is 0.472 e. The Morgan fingerprint density at radius 1 is 0.500 bits per heavy atom. The van der Waals surface area contributed by atoms with E-state index in [9.17, 15) is 19.0 Å². The number of carbonyl (C=O) groups is 2. The number of phosphoric ester groups is 1. The molecule has 354 valence electrons. The summed E-state index contributed by atoms with van der Waals surface area (Å²) >= 11 is 0. The van der Waals surface area contributed by atoms with Crippen molar-refractivity contribution in [1.29, 1.82) is 0 Å². The molecule has 0 aliphatic heterocycles. The number of likely N-dealkylation sites (N-methyl/N-ethyl adjacent to an activating group) is 1. The van der Waals surface area contributed by atoms with Crippen LogP contribution in [-0.2, 0) is 32.7 Å². The van der Waals surface area contributed by atoms with Gasteiger partial charge in [0, 0.05) is 12.8 Å². The van der Waals surface area contributed by atoms with Gasteiger partial charge in [-0.15, -0.1) is 0 Å². The Hall–Kier alpha value is -1.51. The van der Waals surface area contributed by atoms with Gasteiger partial charge in [0.2, 0.25) is 0 Å². The summed E-state index contributed by atoms with van der Waals surface area (Å²) in [4.78, 5) is 35.5. The Labute approximate surface area is 370 Å². The van der Waals surface area contributed by atoms with Crippen LogP contribution in [0.2, 0.25) is 0 Å². The number of quaternary nitrogens is 1. The number of esters is 2. The lowest BCUT2D eigenvalue weighted by atomic mass is 10.1. The van der Waals surface area contributed by atoms with Gasteiger partial charge >= 0.3 is 19.8 Å². The highest BCUT2D eigenvalue weighted by atomic mass is 31.2. The Morgan fingerprint density at radius 3 is 1.23 bits per heavy atom. The number of phosphoric acid groups is 1. The lowest BCUT2D eigenvalue weighted by molar-refractivity contribution is -0.870. The van der Waals surface area contributed by atoms with E-state index in [1.54, 1.807) is 0 Å². The average molecular weight is 871 g/mol. The predicted octanol–water partition coefficient (Wildman–Crippen LogP) is 14.7. The number of hydrogen-bond acceptors (Lipinski definition) is 7. The molecule has 2 unspecified atom stereocenters. The maximum atomic E-state index is 12.7. The fraction of sp³-hybridized carbons (Fsp3) is 0.880. The largest absolute Gasteiger partial charge is 0.472 e. The van der Waals surface area contributed by atoms with Crippen molar-refractivity contribution in [2.45, 2.75) is 238 Å². The van der Waals surface area contributed by atoms with Gasteiger partial charge in [-0.1, -0.05) is 179 Å². The van der Waals surface area contributed by atoms with Gasteiger partial charge in [-0.3, -0.25) is 18.6 Å². The van der Waals surface area contributed by atoms with Crippen LogP contribution in [0.1, 0.15) is 232 Å². The van der Waals surface area contributed by atoms with Crippen molar-refractivity contribution in [2.24, 2.45) is 0 Å². The topological polar surface area (TPSA) is 108 Å². The third kappa shape index (κ3) is 46.0. The van der Waals surface area contributed by atoms with Gasteiger partial charge < -0.3 is 18.9 Å². The average Bonchev–Trinajstić information content (AvgIpc) is 3.20. The van der Waals surface area contributed by atoms with Crippen molar-refractivity contribution in [3.8, 4) is 0 Å². The first kappa shape index (κ1) is 58.5. The Kier molecular flexibility index (Phi) is 41.7. The molecular weight excluding hydrogens is 774 g/mol. The molecule has 0 rings (SSSR count). The minimum absolute atomic E-state index is 0.0315. The van der Waals surface area contributed by atoms with Crippen LogP contribution in [0.3, 0.4) is 0 Å². The van der Waals surface area contributed by atoms with Gasteiger partial charge in [0.05, 0.1) is 27.7 Å². The van der Waals surface area contributed by atoms with Crippen LogP contribution in [0.4, 0.5) is 0 Å². The number of carbonyl (C=O) groups excluding carboxylic acids is 2. The first-order valence-corrected chi connectivity index (χ1v) is 26.6. The van der Waals surface area contributed by atoms with Gasteiger partial charge in [-0.25, -0.2) is 4.57 Å². The van der Waals surface area contributed by atoms with Crippen LogP contribution in [0, 0.1) is 0 Å². The molecule has 0 aromatic carbocycles. The lowest BCUT2D eigenvalue weighted by Gasteiger charge is -2.24. The lowest BCUT2D eigenvalue weighted by Crippen LogP contribution is -2.37. The van der Waals surface area contributed by atoms with Crippen LogP contribution >= 0.6 is 7.82 Å². The molecule has 0 aromatic heterocycles. The van der Waals surface area contributed by atoms with E-state index < -0.39 is 26.5 Å². The normalized spacial score (nSPS) is 13.6. The van der Waals surface area contributed by atoms with E-state index in [-0.39, 0.29) is 32.0 Å². The number of ether oxygens (including phenoxy) is 2. The Balaban J connectivity index is 4.25. The summed E-state index contributed by atoms with van der Waals surface area (Å²) in [6, 6.07) is 0. The van der Waals surface area contributed by atoms with Gasteiger partial charge in [0.15, 0.2) is 6.10 Å². The van der Waals surface area contributed by atoms with Gasteiger partial charge in [0.25, 0.3) is 0 Å². The van der Waals surface area contributed by atoms with Crippen molar-refractivity contribution in [3.63, 3.8) is 0 Å². The fourth-order valence-corrected chi connectivity index (χ4v) is 7.75. The molecule has 0 radical (unpaired) electrons. The van der Waals surface area contributed by atoms with Crippen LogP contribution in [0.25, 0.3) is 0 Å². The molecule has 0 amide bonds. The zero-order valence-electron chi connectivity index (χ0n) is 40.0. The number of rotatable bonds is 46. The molecule has 0 spiro atoms. The summed E-state index contributed by atoms with van der Waals surface area (Å²) in [5.74, 6) is -0.802. The first-order valence-electron chi connectivity index (χ1n) is 25.1. The SMILES string of the molecule is CCCCCCCC/C=C\CCCCCCCC(=O)OCC(COP(=O)(O)OCC[N+](C)(C)C)OC(=O)CCCCCCCCCCC/C=C\CCCCCCCCCC. The van der Waals surface area contributed by atoms with Crippen molar-refractivity contribution in [1.82, 2.24) is 0 Å². The van der Waals surface area contributed by atoms with Crippen molar-refractivity contribution in [2.75, 3.05) is 47.5 Å². The highest BCUT2D eigenvalue weighted by molar-refractivity contribution is 7.47. The van der Waals surface area contributed by atoms with Crippen LogP contribution in [0.15, 0.2) is 24.3 Å². The number of unbranched alkanes of at least 4 members (excludes halogenated alkanes) is 28. The van der Waals surface area contributed by atoms with Crippen molar-refractivity contribution < 1.29 is 42.1 Å². The number of hydrogen-bond donors (Lipinski definition) is 1. The zero-order chi connectivity index (χ0) is 44.3. The minimum Gasteiger partial charge on any atom is -0.462 e. The number of nitrogens with zero attached hydrogens (tertiary/aromatic N) is 1. The second-order valence-electron chi connectivity index (χ2n) is 18.2. The van der Waals surface area contributed by atoms with Crippen LogP contribution < -0.4 is 0 Å². The number of allylic oxidation sites excluding steroid dienone is 4. The molecule has 0 bridgehead atoms. The summed E-state index contributed by atoms with van der Waals surface area (Å²) in [6.45, 7) is 4.43. The minimum atomic E-state index is -4.38. The molecule has 0 saturated carbocycles. The van der Waals surface area contributed by atoms with Crippen molar-refractivity contribution in [3.05, 3.63) is 24.3 Å². The molecule has 0 aliphatic carbocycles. The molecule has 0 heterocycles. The van der Waals surface area contributed by atoms with E-state index in [1.165, 1.54) is 141 Å². The highest BCUT2D eigenvalue weighted by Crippen LogP contribution is 2.43. The highest BCUT2D eigenvalue weighted by Gasteiger charge is 2.27. The molecule has 10 heteroatoms. The molecule has 9 nitrogen and oxygen atoms in total. The van der Waals surface area contributed by atoms with E-state index in [0.29, 0.717) is 17.4 Å². The van der Waals surface area contributed by atoms with E-state index in [4.69, 9.17) is 18.5 Å². The molecule has 2 atom stereocenters. The zero-order valence-corrected chi connectivity index (χ0v) is 40.9. The van der Waals surface area contributed by atoms with Gasteiger partial charge in [0.1, 0.15) is 19.8 Å². The summed E-state index contributed by atoms with van der Waals surface area (Å²) in [6.07, 6.45) is 48.0. The predicted molar refractivity (Wildman–Crippen MR) is 252 cm³/mol. The van der Waals surface area contributed by atoms with E-state index in [0.717, 1.165) is 57.8 Å². The molecular formula is C50H97NO8P+. The smallest absolute Gasteiger partial charge is 0.462 e. The summed E-state index contributed by atoms with van der Waals surface area (Å²) < 4.78 is 34.4. The quantitative estimate of drug-likeness (QED) is 0.0212. The van der Waals surface area contributed by atoms with Crippen LogP contribution in [-0.4, -0.2) is 74.9 Å². The van der Waals surface area contributed by atoms with E-state index >= 15 is 0 Å².